The van der Waals surface area contributed by atoms with Crippen LogP contribution >= 0.6 is 0 Å². The first-order chi connectivity index (χ1) is 12.1. The first kappa shape index (κ1) is 16.7. The predicted octanol–water partition coefficient (Wildman–Crippen LogP) is 2.83. The molecule has 0 amide bonds. The van der Waals surface area contributed by atoms with Crippen molar-refractivity contribution in [3.05, 3.63) is 65.4 Å². The summed E-state index contributed by atoms with van der Waals surface area (Å²) >= 11 is 0. The summed E-state index contributed by atoms with van der Waals surface area (Å²) in [5.41, 5.74) is 8.35. The van der Waals surface area contributed by atoms with Crippen LogP contribution in [0.4, 0.5) is 0 Å². The highest BCUT2D eigenvalue weighted by Gasteiger charge is 2.12. The Balaban J connectivity index is 2.05. The van der Waals surface area contributed by atoms with Gasteiger partial charge in [-0.15, -0.1) is 0 Å². The molecule has 3 aromatic rings. The number of fused-ring (bicyclic) bond motifs is 1. The summed E-state index contributed by atoms with van der Waals surface area (Å²) in [4.78, 5) is 15.6. The van der Waals surface area contributed by atoms with E-state index in [2.05, 4.69) is 4.98 Å². The SMILES string of the molecule is COc1ccc(Cc2ccc(OCN)c3cc(C(=O)O)cnc23)cc1. The van der Waals surface area contributed by atoms with Gasteiger partial charge >= 0.3 is 5.97 Å². The highest BCUT2D eigenvalue weighted by molar-refractivity contribution is 5.95. The van der Waals surface area contributed by atoms with Gasteiger partial charge in [0, 0.05) is 11.6 Å². The molecule has 0 fully saturated rings. The van der Waals surface area contributed by atoms with Gasteiger partial charge in [-0.3, -0.25) is 10.7 Å². The maximum atomic E-state index is 11.2. The van der Waals surface area contributed by atoms with E-state index < -0.39 is 5.97 Å². The van der Waals surface area contributed by atoms with Crippen molar-refractivity contribution in [2.45, 2.75) is 6.42 Å². The number of carboxylic acid groups (broad SMARTS) is 1. The summed E-state index contributed by atoms with van der Waals surface area (Å²) in [5.74, 6) is 0.282. The zero-order chi connectivity index (χ0) is 17.8. The van der Waals surface area contributed by atoms with E-state index in [4.69, 9.17) is 15.2 Å². The Morgan fingerprint density at radius 2 is 1.96 bits per heavy atom. The Morgan fingerprint density at radius 3 is 2.60 bits per heavy atom. The number of carbonyl (C=O) groups is 1. The molecule has 0 unspecified atom stereocenters. The molecule has 0 aliphatic carbocycles. The second kappa shape index (κ2) is 7.19. The molecule has 6 heteroatoms. The third kappa shape index (κ3) is 3.54. The number of aromatic nitrogens is 1. The number of rotatable bonds is 6. The summed E-state index contributed by atoms with van der Waals surface area (Å²) in [5, 5.41) is 9.84. The molecule has 0 aliphatic heterocycles. The van der Waals surface area contributed by atoms with Gasteiger partial charge in [0.15, 0.2) is 0 Å². The van der Waals surface area contributed by atoms with Crippen molar-refractivity contribution in [3.63, 3.8) is 0 Å². The van der Waals surface area contributed by atoms with Crippen molar-refractivity contribution in [2.24, 2.45) is 5.73 Å². The lowest BCUT2D eigenvalue weighted by Crippen LogP contribution is -2.08. The number of ether oxygens (including phenoxy) is 2. The molecule has 2 aromatic carbocycles. The number of benzene rings is 2. The molecule has 0 atom stereocenters. The summed E-state index contributed by atoms with van der Waals surface area (Å²) in [7, 11) is 1.63. The topological polar surface area (TPSA) is 94.7 Å². The summed E-state index contributed by atoms with van der Waals surface area (Å²) in [6.07, 6.45) is 2.01. The summed E-state index contributed by atoms with van der Waals surface area (Å²) < 4.78 is 10.6. The second-order valence-electron chi connectivity index (χ2n) is 5.48. The molecular weight excluding hydrogens is 320 g/mol. The van der Waals surface area contributed by atoms with E-state index in [-0.39, 0.29) is 12.3 Å². The van der Waals surface area contributed by atoms with Gasteiger partial charge in [0.1, 0.15) is 18.2 Å². The number of hydrogen-bond donors (Lipinski definition) is 2. The van der Waals surface area contributed by atoms with Gasteiger partial charge in [-0.25, -0.2) is 4.79 Å². The van der Waals surface area contributed by atoms with Crippen molar-refractivity contribution >= 4 is 16.9 Å². The minimum atomic E-state index is -1.03. The zero-order valence-corrected chi connectivity index (χ0v) is 13.7. The molecule has 1 heterocycles. The largest absolute Gasteiger partial charge is 0.497 e. The molecule has 3 N–H and O–H groups in total. The van der Waals surface area contributed by atoms with Gasteiger partial charge in [-0.05, 0) is 41.8 Å². The Hall–Kier alpha value is -3.12. The number of hydrogen-bond acceptors (Lipinski definition) is 5. The lowest BCUT2D eigenvalue weighted by atomic mass is 10.0. The number of nitrogens with zero attached hydrogens (tertiary/aromatic N) is 1. The van der Waals surface area contributed by atoms with Crippen LogP contribution in [0.1, 0.15) is 21.5 Å². The molecule has 6 nitrogen and oxygen atoms in total. The van der Waals surface area contributed by atoms with Crippen molar-refractivity contribution in [1.82, 2.24) is 4.98 Å². The monoisotopic (exact) mass is 338 g/mol. The molecule has 0 aliphatic rings. The molecule has 25 heavy (non-hydrogen) atoms. The lowest BCUT2D eigenvalue weighted by Gasteiger charge is -2.12. The highest BCUT2D eigenvalue weighted by Crippen LogP contribution is 2.29. The lowest BCUT2D eigenvalue weighted by molar-refractivity contribution is 0.0696. The minimum absolute atomic E-state index is 0.00419. The van der Waals surface area contributed by atoms with Crippen LogP contribution in [-0.4, -0.2) is 29.9 Å². The Kier molecular flexibility index (Phi) is 4.81. The fourth-order valence-corrected chi connectivity index (χ4v) is 2.69. The Morgan fingerprint density at radius 1 is 1.20 bits per heavy atom. The molecule has 0 saturated heterocycles. The average molecular weight is 338 g/mol. The van der Waals surface area contributed by atoms with Crippen LogP contribution in [0.3, 0.4) is 0 Å². The average Bonchev–Trinajstić information content (AvgIpc) is 2.64. The van der Waals surface area contributed by atoms with Crippen LogP contribution in [0.5, 0.6) is 11.5 Å². The minimum Gasteiger partial charge on any atom is -0.497 e. The fourth-order valence-electron chi connectivity index (χ4n) is 2.69. The van der Waals surface area contributed by atoms with E-state index in [0.29, 0.717) is 23.1 Å². The van der Waals surface area contributed by atoms with Gasteiger partial charge in [-0.2, -0.15) is 0 Å². The van der Waals surface area contributed by atoms with Crippen molar-refractivity contribution < 1.29 is 19.4 Å². The Labute approximate surface area is 144 Å². The van der Waals surface area contributed by atoms with Crippen LogP contribution in [-0.2, 0) is 6.42 Å². The molecule has 3 rings (SSSR count). The van der Waals surface area contributed by atoms with Gasteiger partial charge < -0.3 is 14.6 Å². The molecule has 0 spiro atoms. The predicted molar refractivity (Wildman–Crippen MR) is 94.2 cm³/mol. The Bertz CT molecular complexity index is 907. The van der Waals surface area contributed by atoms with E-state index in [0.717, 1.165) is 16.9 Å². The normalized spacial score (nSPS) is 10.6. The molecule has 0 radical (unpaired) electrons. The number of aromatic carboxylic acids is 1. The fraction of sp³-hybridized carbons (Fsp3) is 0.158. The van der Waals surface area contributed by atoms with Gasteiger partial charge in [-0.1, -0.05) is 18.2 Å². The van der Waals surface area contributed by atoms with Crippen LogP contribution < -0.4 is 15.2 Å². The number of pyridine rings is 1. The van der Waals surface area contributed by atoms with Crippen molar-refractivity contribution in [3.8, 4) is 11.5 Å². The maximum absolute atomic E-state index is 11.2. The van der Waals surface area contributed by atoms with Crippen LogP contribution in [0.2, 0.25) is 0 Å². The highest BCUT2D eigenvalue weighted by atomic mass is 16.5. The van der Waals surface area contributed by atoms with E-state index in [1.165, 1.54) is 6.20 Å². The van der Waals surface area contributed by atoms with E-state index in [1.807, 2.05) is 30.3 Å². The molecule has 0 bridgehead atoms. The first-order valence-electron chi connectivity index (χ1n) is 7.73. The molecule has 0 saturated carbocycles. The quantitative estimate of drug-likeness (QED) is 0.671. The molecular formula is C19H18N2O4. The van der Waals surface area contributed by atoms with Crippen molar-refractivity contribution in [2.75, 3.05) is 13.8 Å². The number of carboxylic acids is 1. The van der Waals surface area contributed by atoms with Crippen LogP contribution in [0.25, 0.3) is 10.9 Å². The summed E-state index contributed by atoms with van der Waals surface area (Å²) in [6.45, 7) is 0.00419. The van der Waals surface area contributed by atoms with Gasteiger partial charge in [0.2, 0.25) is 0 Å². The molecule has 128 valence electrons. The van der Waals surface area contributed by atoms with E-state index >= 15 is 0 Å². The number of nitrogens with two attached hydrogens (primary N) is 1. The number of methoxy groups -OCH3 is 1. The molecule has 1 aromatic heterocycles. The smallest absolute Gasteiger partial charge is 0.337 e. The van der Waals surface area contributed by atoms with Crippen LogP contribution in [0, 0.1) is 0 Å². The van der Waals surface area contributed by atoms with Gasteiger partial charge in [0.25, 0.3) is 0 Å². The second-order valence-corrected chi connectivity index (χ2v) is 5.48. The van der Waals surface area contributed by atoms with Gasteiger partial charge in [0.05, 0.1) is 18.2 Å². The summed E-state index contributed by atoms with van der Waals surface area (Å²) in [6, 6.07) is 13.1. The van der Waals surface area contributed by atoms with E-state index in [9.17, 15) is 9.90 Å². The van der Waals surface area contributed by atoms with E-state index in [1.54, 1.807) is 19.2 Å². The zero-order valence-electron chi connectivity index (χ0n) is 13.7. The maximum Gasteiger partial charge on any atom is 0.337 e. The third-order valence-electron chi connectivity index (χ3n) is 3.93. The first-order valence-corrected chi connectivity index (χ1v) is 7.73. The standard InChI is InChI=1S/C19H18N2O4/c1-24-15-5-2-12(3-6-15)8-13-4-7-17(25-11-20)16-9-14(19(22)23)10-21-18(13)16/h2-7,9-10H,8,11,20H2,1H3,(H,22,23). The van der Waals surface area contributed by atoms with Crippen molar-refractivity contribution in [1.29, 1.82) is 0 Å². The van der Waals surface area contributed by atoms with Crippen LogP contribution in [0.15, 0.2) is 48.7 Å². The third-order valence-corrected chi connectivity index (χ3v) is 3.93.